The van der Waals surface area contributed by atoms with Crippen LogP contribution in [0.5, 0.6) is 0 Å². The zero-order chi connectivity index (χ0) is 10.7. The number of anilines is 1. The number of aryl methyl sites for hydroxylation is 1. The number of carbonyl (C=O) groups excluding carboxylic acids is 2. The van der Waals surface area contributed by atoms with Gasteiger partial charge in [-0.3, -0.25) is 10.2 Å². The Kier molecular flexibility index (Phi) is 3.05. The largest absolute Gasteiger partial charge is 0.351 e. The average molecular weight is 214 g/mol. The van der Waals surface area contributed by atoms with Crippen LogP contribution in [0, 0.1) is 6.92 Å². The summed E-state index contributed by atoms with van der Waals surface area (Å²) in [5.74, 6) is 4.57. The lowest BCUT2D eigenvalue weighted by molar-refractivity contribution is 0.0957. The smallest absolute Gasteiger partial charge is 0.316 e. The third kappa shape index (κ3) is 2.21. The molecule has 1 aromatic heterocycles. The van der Waals surface area contributed by atoms with Crippen molar-refractivity contribution in [1.29, 1.82) is 0 Å². The van der Waals surface area contributed by atoms with Gasteiger partial charge in [0, 0.05) is 4.88 Å². The normalized spacial score (nSPS) is 9.57. The molecule has 0 fully saturated rings. The van der Waals surface area contributed by atoms with Crippen molar-refractivity contribution >= 4 is 29.0 Å². The van der Waals surface area contributed by atoms with Crippen LogP contribution in [-0.4, -0.2) is 11.9 Å². The van der Waals surface area contributed by atoms with Crippen LogP contribution in [0.15, 0.2) is 6.07 Å². The van der Waals surface area contributed by atoms with Crippen LogP contribution in [0.25, 0.3) is 0 Å². The van der Waals surface area contributed by atoms with Gasteiger partial charge in [0.15, 0.2) is 0 Å². The van der Waals surface area contributed by atoms with Crippen molar-refractivity contribution < 1.29 is 9.59 Å². The second kappa shape index (κ2) is 4.07. The highest BCUT2D eigenvalue weighted by Crippen LogP contribution is 2.25. The molecule has 3 amide bonds. The molecule has 6 N–H and O–H groups in total. The number of nitrogen functional groups attached to an aromatic ring is 1. The van der Waals surface area contributed by atoms with E-state index in [0.717, 1.165) is 4.88 Å². The van der Waals surface area contributed by atoms with Gasteiger partial charge >= 0.3 is 6.03 Å². The highest BCUT2D eigenvalue weighted by atomic mass is 32.1. The van der Waals surface area contributed by atoms with Crippen molar-refractivity contribution in [3.63, 3.8) is 0 Å². The molecular weight excluding hydrogens is 204 g/mol. The van der Waals surface area contributed by atoms with Gasteiger partial charge in [-0.25, -0.2) is 10.6 Å². The van der Waals surface area contributed by atoms with Crippen LogP contribution < -0.4 is 22.3 Å². The standard InChI is InChI=1S/C7H10N4O2S/c1-3-4(10-7(8)13)2-5(14-3)6(12)11-9/h2H,9H2,1H3,(H,11,12)(H3,8,10,13). The fourth-order valence-electron chi connectivity index (χ4n) is 0.922. The fourth-order valence-corrected chi connectivity index (χ4v) is 1.80. The van der Waals surface area contributed by atoms with E-state index in [1.807, 2.05) is 5.43 Å². The number of hydrazine groups is 1. The van der Waals surface area contributed by atoms with Crippen LogP contribution in [0.3, 0.4) is 0 Å². The molecule has 14 heavy (non-hydrogen) atoms. The van der Waals surface area contributed by atoms with E-state index >= 15 is 0 Å². The molecule has 0 bridgehead atoms. The van der Waals surface area contributed by atoms with Crippen LogP contribution in [-0.2, 0) is 0 Å². The number of rotatable bonds is 2. The van der Waals surface area contributed by atoms with Crippen LogP contribution in [0.1, 0.15) is 14.5 Å². The van der Waals surface area contributed by atoms with Crippen molar-refractivity contribution in [3.05, 3.63) is 15.8 Å². The molecule has 76 valence electrons. The Morgan fingerprint density at radius 1 is 1.50 bits per heavy atom. The Labute approximate surface area is 84.2 Å². The van der Waals surface area contributed by atoms with Gasteiger partial charge in [-0.15, -0.1) is 11.3 Å². The summed E-state index contributed by atoms with van der Waals surface area (Å²) < 4.78 is 0. The zero-order valence-corrected chi connectivity index (χ0v) is 8.27. The van der Waals surface area contributed by atoms with Gasteiger partial charge in [-0.2, -0.15) is 0 Å². The van der Waals surface area contributed by atoms with Gasteiger partial charge in [-0.05, 0) is 13.0 Å². The molecule has 0 spiro atoms. The summed E-state index contributed by atoms with van der Waals surface area (Å²) in [5, 5.41) is 2.40. The lowest BCUT2D eigenvalue weighted by Gasteiger charge is -1.97. The number of nitrogens with one attached hydrogen (secondary N) is 2. The van der Waals surface area contributed by atoms with Gasteiger partial charge in [-0.1, -0.05) is 0 Å². The summed E-state index contributed by atoms with van der Waals surface area (Å²) in [4.78, 5) is 22.9. The maximum Gasteiger partial charge on any atom is 0.316 e. The van der Waals surface area contributed by atoms with Crippen molar-refractivity contribution in [2.75, 3.05) is 5.32 Å². The molecule has 1 heterocycles. The fraction of sp³-hybridized carbons (Fsp3) is 0.143. The Balaban J connectivity index is 2.93. The number of carbonyl (C=O) groups is 2. The minimum absolute atomic E-state index is 0.393. The van der Waals surface area contributed by atoms with Crippen molar-refractivity contribution in [2.24, 2.45) is 11.6 Å². The number of hydrogen-bond donors (Lipinski definition) is 4. The second-order valence-corrected chi connectivity index (χ2v) is 3.80. The molecule has 0 saturated heterocycles. The van der Waals surface area contributed by atoms with Crippen molar-refractivity contribution in [3.8, 4) is 0 Å². The van der Waals surface area contributed by atoms with E-state index in [-0.39, 0.29) is 0 Å². The molecule has 0 aromatic carbocycles. The summed E-state index contributed by atoms with van der Waals surface area (Å²) in [6.45, 7) is 1.77. The minimum Gasteiger partial charge on any atom is -0.351 e. The summed E-state index contributed by atoms with van der Waals surface area (Å²) in [7, 11) is 0. The SMILES string of the molecule is Cc1sc(C(=O)NN)cc1NC(N)=O. The van der Waals surface area contributed by atoms with E-state index in [2.05, 4.69) is 5.32 Å². The lowest BCUT2D eigenvalue weighted by Crippen LogP contribution is -2.29. The molecule has 0 aliphatic heterocycles. The molecule has 7 heteroatoms. The molecule has 0 atom stereocenters. The van der Waals surface area contributed by atoms with Crippen LogP contribution >= 0.6 is 11.3 Å². The molecule has 6 nitrogen and oxygen atoms in total. The summed E-state index contributed by atoms with van der Waals surface area (Å²) in [6.07, 6.45) is 0. The first kappa shape index (κ1) is 10.5. The van der Waals surface area contributed by atoms with Gasteiger partial charge in [0.25, 0.3) is 5.91 Å². The molecule has 0 aliphatic carbocycles. The number of nitrogens with two attached hydrogens (primary N) is 2. The van der Waals surface area contributed by atoms with E-state index < -0.39 is 11.9 Å². The molecule has 0 radical (unpaired) electrons. The number of thiophene rings is 1. The first-order valence-electron chi connectivity index (χ1n) is 3.72. The van der Waals surface area contributed by atoms with Crippen LogP contribution in [0.4, 0.5) is 10.5 Å². The number of urea groups is 1. The van der Waals surface area contributed by atoms with E-state index in [1.165, 1.54) is 17.4 Å². The first-order valence-corrected chi connectivity index (χ1v) is 4.54. The van der Waals surface area contributed by atoms with E-state index in [1.54, 1.807) is 6.92 Å². The van der Waals surface area contributed by atoms with Crippen LogP contribution in [0.2, 0.25) is 0 Å². The second-order valence-electron chi connectivity index (χ2n) is 2.54. The molecule has 0 aliphatic rings. The molecule has 1 rings (SSSR count). The highest BCUT2D eigenvalue weighted by molar-refractivity contribution is 7.14. The molecular formula is C7H10N4O2S. The number of amides is 3. The van der Waals surface area contributed by atoms with E-state index in [0.29, 0.717) is 10.6 Å². The Bertz CT molecular complexity index is 374. The maximum absolute atomic E-state index is 11.1. The van der Waals surface area contributed by atoms with Gasteiger partial charge in [0.1, 0.15) is 0 Å². The van der Waals surface area contributed by atoms with Gasteiger partial charge in [0.05, 0.1) is 10.6 Å². The Morgan fingerprint density at radius 2 is 2.14 bits per heavy atom. The van der Waals surface area contributed by atoms with Crippen molar-refractivity contribution in [1.82, 2.24) is 5.43 Å². The number of primary amides is 1. The monoisotopic (exact) mass is 214 g/mol. The van der Waals surface area contributed by atoms with Gasteiger partial charge < -0.3 is 11.1 Å². The van der Waals surface area contributed by atoms with E-state index in [4.69, 9.17) is 11.6 Å². The highest BCUT2D eigenvalue weighted by Gasteiger charge is 2.11. The number of hydrogen-bond acceptors (Lipinski definition) is 4. The first-order chi connectivity index (χ1) is 6.54. The molecule has 0 saturated carbocycles. The Morgan fingerprint density at radius 3 is 2.64 bits per heavy atom. The van der Waals surface area contributed by atoms with Crippen molar-refractivity contribution in [2.45, 2.75) is 6.92 Å². The summed E-state index contributed by atoms with van der Waals surface area (Å²) >= 11 is 1.23. The topological polar surface area (TPSA) is 110 Å². The third-order valence-electron chi connectivity index (χ3n) is 1.53. The summed E-state index contributed by atoms with van der Waals surface area (Å²) in [6, 6.07) is 0.859. The summed E-state index contributed by atoms with van der Waals surface area (Å²) in [5.41, 5.74) is 7.47. The maximum atomic E-state index is 11.1. The zero-order valence-electron chi connectivity index (χ0n) is 7.46. The molecule has 0 unspecified atom stereocenters. The third-order valence-corrected chi connectivity index (χ3v) is 2.58. The minimum atomic E-state index is -0.661. The molecule has 1 aromatic rings. The Hall–Kier alpha value is -1.60. The predicted molar refractivity (Wildman–Crippen MR) is 53.9 cm³/mol. The van der Waals surface area contributed by atoms with E-state index in [9.17, 15) is 9.59 Å². The quantitative estimate of drug-likeness (QED) is 0.319. The predicted octanol–water partition coefficient (Wildman–Crippen LogP) is 0.151. The average Bonchev–Trinajstić information content (AvgIpc) is 2.46. The van der Waals surface area contributed by atoms with Gasteiger partial charge in [0.2, 0.25) is 0 Å². The lowest BCUT2D eigenvalue weighted by atomic mass is 10.3.